The van der Waals surface area contributed by atoms with E-state index < -0.39 is 22.5 Å². The van der Waals surface area contributed by atoms with Gasteiger partial charge in [-0.05, 0) is 61.9 Å². The van der Waals surface area contributed by atoms with Crippen LogP contribution in [0.2, 0.25) is 0 Å². The highest BCUT2D eigenvalue weighted by Gasteiger charge is 2.27. The van der Waals surface area contributed by atoms with Gasteiger partial charge in [-0.2, -0.15) is 0 Å². The summed E-state index contributed by atoms with van der Waals surface area (Å²) in [5.74, 6) is -1.64. The summed E-state index contributed by atoms with van der Waals surface area (Å²) in [7, 11) is 0. The third kappa shape index (κ3) is 5.26. The van der Waals surface area contributed by atoms with Crippen molar-refractivity contribution in [3.05, 3.63) is 99.1 Å². The predicted octanol–water partition coefficient (Wildman–Crippen LogP) is 5.27. The zero-order valence-electron chi connectivity index (χ0n) is 18.8. The van der Waals surface area contributed by atoms with Crippen LogP contribution < -0.4 is 10.2 Å². The highest BCUT2D eigenvalue weighted by atomic mass is 19.1. The maximum Gasteiger partial charge on any atom is 0.324 e. The molecule has 180 valence electrons. The minimum absolute atomic E-state index is 0.0459. The number of anilines is 2. The van der Waals surface area contributed by atoms with E-state index in [1.807, 2.05) is 0 Å². The minimum atomic E-state index is -0.574. The van der Waals surface area contributed by atoms with E-state index in [1.165, 1.54) is 28.0 Å². The Kier molecular flexibility index (Phi) is 6.72. The van der Waals surface area contributed by atoms with E-state index in [2.05, 4.69) is 5.32 Å². The molecule has 1 N–H and O–H groups in total. The van der Waals surface area contributed by atoms with Crippen LogP contribution in [0.15, 0.2) is 60.7 Å². The van der Waals surface area contributed by atoms with Gasteiger partial charge in [-0.1, -0.05) is 6.07 Å². The molecular formula is C25H22F2N4O4. The molecule has 35 heavy (non-hydrogen) atoms. The summed E-state index contributed by atoms with van der Waals surface area (Å²) < 4.78 is 27.5. The second-order valence-corrected chi connectivity index (χ2v) is 8.20. The first-order valence-electron chi connectivity index (χ1n) is 10.9. The fraction of sp³-hybridized carbons (Fsp3) is 0.200. The van der Waals surface area contributed by atoms with E-state index in [0.717, 1.165) is 18.2 Å². The fourth-order valence-electron chi connectivity index (χ4n) is 3.91. The molecule has 0 saturated carbocycles. The van der Waals surface area contributed by atoms with Crippen molar-refractivity contribution in [3.63, 3.8) is 0 Å². The van der Waals surface area contributed by atoms with Gasteiger partial charge in [0.05, 0.1) is 11.5 Å². The van der Waals surface area contributed by atoms with Gasteiger partial charge in [-0.25, -0.2) is 13.6 Å². The maximum absolute atomic E-state index is 14.0. The van der Waals surface area contributed by atoms with Crippen molar-refractivity contribution >= 4 is 29.0 Å². The quantitative estimate of drug-likeness (QED) is 0.384. The summed E-state index contributed by atoms with van der Waals surface area (Å²) in [6, 6.07) is 13.6. The van der Waals surface area contributed by atoms with Crippen molar-refractivity contribution in [2.24, 2.45) is 0 Å². The van der Waals surface area contributed by atoms with Gasteiger partial charge in [0, 0.05) is 47.2 Å². The van der Waals surface area contributed by atoms with Crippen molar-refractivity contribution in [1.29, 1.82) is 0 Å². The molecule has 8 nitrogen and oxygen atoms in total. The number of carbonyl (C=O) groups excluding carboxylic acids is 2. The van der Waals surface area contributed by atoms with Gasteiger partial charge in [0.15, 0.2) is 0 Å². The van der Waals surface area contributed by atoms with E-state index in [9.17, 15) is 28.5 Å². The highest BCUT2D eigenvalue weighted by molar-refractivity contribution is 6.05. The molecule has 1 heterocycles. The Balaban J connectivity index is 1.45. The number of urea groups is 1. The van der Waals surface area contributed by atoms with Crippen LogP contribution in [0.3, 0.4) is 0 Å². The van der Waals surface area contributed by atoms with Crippen LogP contribution in [-0.2, 0) is 6.54 Å². The lowest BCUT2D eigenvalue weighted by atomic mass is 10.1. The van der Waals surface area contributed by atoms with E-state index in [4.69, 9.17) is 0 Å². The molecule has 0 radical (unpaired) electrons. The number of hydrogen-bond donors (Lipinski definition) is 1. The lowest BCUT2D eigenvalue weighted by Crippen LogP contribution is -2.49. The van der Waals surface area contributed by atoms with Crippen LogP contribution in [-0.4, -0.2) is 34.9 Å². The maximum atomic E-state index is 14.0. The second-order valence-electron chi connectivity index (χ2n) is 8.20. The number of nitrogens with zero attached hydrogens (tertiary/aromatic N) is 3. The molecule has 3 amide bonds. The standard InChI is InChI=1S/C25H22F2N4O4/c1-16-3-4-17(14-23(16)31(34)35)24(32)28-20-6-8-21(9-7-20)30-12-2-11-29(25(30)33)15-18-13-19(26)5-10-22(18)27/h3-10,13-14H,2,11-12,15H2,1H3,(H,28,32). The zero-order valence-corrected chi connectivity index (χ0v) is 18.8. The number of nitro benzene ring substituents is 1. The third-order valence-corrected chi connectivity index (χ3v) is 5.79. The normalized spacial score (nSPS) is 13.6. The topological polar surface area (TPSA) is 95.8 Å². The molecule has 4 rings (SSSR count). The monoisotopic (exact) mass is 480 g/mol. The minimum Gasteiger partial charge on any atom is -0.322 e. The molecule has 10 heteroatoms. The summed E-state index contributed by atoms with van der Waals surface area (Å²) in [6.45, 7) is 2.42. The summed E-state index contributed by atoms with van der Waals surface area (Å²) in [4.78, 5) is 39.1. The van der Waals surface area contributed by atoms with Gasteiger partial charge in [0.2, 0.25) is 0 Å². The summed E-state index contributed by atoms with van der Waals surface area (Å²) in [5.41, 5.74) is 1.61. The molecule has 0 aliphatic carbocycles. The van der Waals surface area contributed by atoms with Crippen LogP contribution in [0.5, 0.6) is 0 Å². The molecule has 1 aliphatic rings. The Morgan fingerprint density at radius 2 is 1.80 bits per heavy atom. The number of halogens is 2. The molecule has 1 saturated heterocycles. The van der Waals surface area contributed by atoms with Crippen molar-refractivity contribution in [2.75, 3.05) is 23.3 Å². The summed E-state index contributed by atoms with van der Waals surface area (Å²) in [5, 5.41) is 13.8. The molecule has 1 aliphatic heterocycles. The van der Waals surface area contributed by atoms with E-state index in [0.29, 0.717) is 36.4 Å². The number of nitro groups is 1. The highest BCUT2D eigenvalue weighted by Crippen LogP contribution is 2.25. The average molecular weight is 480 g/mol. The number of benzene rings is 3. The molecule has 3 aromatic carbocycles. The summed E-state index contributed by atoms with van der Waals surface area (Å²) >= 11 is 0. The van der Waals surface area contributed by atoms with Crippen LogP contribution in [0.4, 0.5) is 30.6 Å². The first-order valence-corrected chi connectivity index (χ1v) is 10.9. The molecule has 0 unspecified atom stereocenters. The van der Waals surface area contributed by atoms with E-state index >= 15 is 0 Å². The van der Waals surface area contributed by atoms with Gasteiger partial charge in [-0.3, -0.25) is 19.8 Å². The van der Waals surface area contributed by atoms with Crippen LogP contribution in [0.25, 0.3) is 0 Å². The Bertz CT molecular complexity index is 1300. The van der Waals surface area contributed by atoms with Gasteiger partial charge in [0.25, 0.3) is 11.6 Å². The Hall–Kier alpha value is -4.34. The Labute approximate surface area is 199 Å². The Morgan fingerprint density at radius 3 is 2.51 bits per heavy atom. The SMILES string of the molecule is Cc1ccc(C(=O)Nc2ccc(N3CCCN(Cc4cc(F)ccc4F)C3=O)cc2)cc1[N+](=O)[O-]. The molecule has 0 atom stereocenters. The van der Waals surface area contributed by atoms with E-state index in [-0.39, 0.29) is 29.4 Å². The first-order chi connectivity index (χ1) is 16.7. The number of rotatable bonds is 6. The molecule has 0 bridgehead atoms. The van der Waals surface area contributed by atoms with Crippen LogP contribution in [0.1, 0.15) is 27.9 Å². The fourth-order valence-corrected chi connectivity index (χ4v) is 3.91. The van der Waals surface area contributed by atoms with Crippen molar-refractivity contribution in [2.45, 2.75) is 19.9 Å². The van der Waals surface area contributed by atoms with Gasteiger partial charge in [-0.15, -0.1) is 0 Å². The Morgan fingerprint density at radius 1 is 1.06 bits per heavy atom. The molecule has 3 aromatic rings. The number of aryl methyl sites for hydroxylation is 1. The molecule has 0 aromatic heterocycles. The number of carbonyl (C=O) groups is 2. The van der Waals surface area contributed by atoms with Gasteiger partial charge in [0.1, 0.15) is 11.6 Å². The number of hydrogen-bond acceptors (Lipinski definition) is 4. The van der Waals surface area contributed by atoms with Crippen molar-refractivity contribution < 1.29 is 23.3 Å². The molecular weight excluding hydrogens is 458 g/mol. The first kappa shape index (κ1) is 23.8. The summed E-state index contributed by atoms with van der Waals surface area (Å²) in [6.07, 6.45) is 0.646. The smallest absolute Gasteiger partial charge is 0.322 e. The van der Waals surface area contributed by atoms with E-state index in [1.54, 1.807) is 31.2 Å². The van der Waals surface area contributed by atoms with Crippen molar-refractivity contribution in [3.8, 4) is 0 Å². The molecule has 0 spiro atoms. The average Bonchev–Trinajstić information content (AvgIpc) is 2.83. The van der Waals surface area contributed by atoms with Crippen LogP contribution in [0, 0.1) is 28.7 Å². The van der Waals surface area contributed by atoms with Crippen LogP contribution >= 0.6 is 0 Å². The van der Waals surface area contributed by atoms with Crippen molar-refractivity contribution in [1.82, 2.24) is 4.90 Å². The molecule has 1 fully saturated rings. The zero-order chi connectivity index (χ0) is 25.1. The lowest BCUT2D eigenvalue weighted by Gasteiger charge is -2.35. The largest absolute Gasteiger partial charge is 0.324 e. The number of nitrogens with one attached hydrogen (secondary N) is 1. The third-order valence-electron chi connectivity index (χ3n) is 5.79. The number of amides is 3. The lowest BCUT2D eigenvalue weighted by molar-refractivity contribution is -0.385. The van der Waals surface area contributed by atoms with Gasteiger partial charge >= 0.3 is 6.03 Å². The predicted molar refractivity (Wildman–Crippen MR) is 126 cm³/mol. The van der Waals surface area contributed by atoms with Gasteiger partial charge < -0.3 is 10.2 Å². The second kappa shape index (κ2) is 9.88.